The summed E-state index contributed by atoms with van der Waals surface area (Å²) in [6.07, 6.45) is 2.73. The quantitative estimate of drug-likeness (QED) is 0.373. The van der Waals surface area contributed by atoms with Gasteiger partial charge in [-0.3, -0.25) is 0 Å². The summed E-state index contributed by atoms with van der Waals surface area (Å²) < 4.78 is 16.1. The number of benzene rings is 1. The average molecular weight is 354 g/mol. The molecule has 0 heterocycles. The van der Waals surface area contributed by atoms with E-state index in [2.05, 4.69) is 12.1 Å². The number of unbranched alkanes of at least 4 members (excludes halogenated alkanes) is 3. The summed E-state index contributed by atoms with van der Waals surface area (Å²) in [5.41, 5.74) is 1.19. The molecule has 0 spiro atoms. The van der Waals surface area contributed by atoms with Crippen LogP contribution in [0.1, 0.15) is 51.5 Å². The lowest BCUT2D eigenvalue weighted by atomic mass is 9.99. The summed E-state index contributed by atoms with van der Waals surface area (Å²) in [5.74, 6) is -0.408. The molecule has 1 aromatic rings. The van der Waals surface area contributed by atoms with Crippen LogP contribution in [0.5, 0.6) is 0 Å². The fraction of sp³-hybridized carbons (Fsp3) is 0.700. The first kappa shape index (κ1) is 22.1. The minimum atomic E-state index is -0.985. The Labute approximate surface area is 151 Å². The number of hydrogen-bond acceptors (Lipinski definition) is 5. The van der Waals surface area contributed by atoms with E-state index in [9.17, 15) is 10.2 Å². The highest BCUT2D eigenvalue weighted by Crippen LogP contribution is 2.20. The highest BCUT2D eigenvalue weighted by atomic mass is 16.6. The summed E-state index contributed by atoms with van der Waals surface area (Å²) >= 11 is 0. The van der Waals surface area contributed by atoms with Gasteiger partial charge in [-0.1, -0.05) is 49.6 Å². The molecule has 144 valence electrons. The van der Waals surface area contributed by atoms with Crippen molar-refractivity contribution in [1.29, 1.82) is 0 Å². The summed E-state index contributed by atoms with van der Waals surface area (Å²) in [6, 6.07) is 10.2. The van der Waals surface area contributed by atoms with Gasteiger partial charge in [0.25, 0.3) is 0 Å². The van der Waals surface area contributed by atoms with E-state index in [4.69, 9.17) is 14.2 Å². The molecule has 0 aromatic heterocycles. The van der Waals surface area contributed by atoms with Crippen LogP contribution >= 0.6 is 0 Å². The van der Waals surface area contributed by atoms with Gasteiger partial charge in [-0.25, -0.2) is 0 Å². The average Bonchev–Trinajstić information content (AvgIpc) is 2.61. The molecular weight excluding hydrogens is 320 g/mol. The second kappa shape index (κ2) is 14.2. The van der Waals surface area contributed by atoms with Crippen molar-refractivity contribution in [2.75, 3.05) is 19.8 Å². The van der Waals surface area contributed by atoms with Crippen molar-refractivity contribution in [2.24, 2.45) is 5.92 Å². The van der Waals surface area contributed by atoms with Gasteiger partial charge in [0.05, 0.1) is 12.5 Å². The molecule has 0 radical (unpaired) electrons. The van der Waals surface area contributed by atoms with E-state index in [0.29, 0.717) is 26.2 Å². The maximum atomic E-state index is 10.0. The van der Waals surface area contributed by atoms with Gasteiger partial charge in [0.1, 0.15) is 0 Å². The number of hydrogen-bond donors (Lipinski definition) is 2. The smallest absolute Gasteiger partial charge is 0.162 e. The van der Waals surface area contributed by atoms with Gasteiger partial charge in [0, 0.05) is 19.8 Å². The van der Waals surface area contributed by atoms with E-state index in [-0.39, 0.29) is 0 Å². The van der Waals surface area contributed by atoms with Crippen LogP contribution in [0.4, 0.5) is 0 Å². The van der Waals surface area contributed by atoms with Gasteiger partial charge in [0.15, 0.2) is 12.6 Å². The molecule has 0 saturated carbocycles. The molecule has 5 heteroatoms. The van der Waals surface area contributed by atoms with E-state index in [1.54, 1.807) is 0 Å². The maximum Gasteiger partial charge on any atom is 0.162 e. The van der Waals surface area contributed by atoms with Crippen molar-refractivity contribution in [2.45, 2.75) is 65.1 Å². The lowest BCUT2D eigenvalue weighted by Gasteiger charge is -2.27. The zero-order chi connectivity index (χ0) is 18.3. The van der Waals surface area contributed by atoms with Crippen LogP contribution in [-0.4, -0.2) is 42.6 Å². The molecule has 0 aliphatic heterocycles. The van der Waals surface area contributed by atoms with Crippen LogP contribution in [0.25, 0.3) is 0 Å². The summed E-state index contributed by atoms with van der Waals surface area (Å²) in [5, 5.41) is 20.0. The molecule has 0 bridgehead atoms. The van der Waals surface area contributed by atoms with Crippen molar-refractivity contribution < 1.29 is 24.4 Å². The lowest BCUT2D eigenvalue weighted by Crippen LogP contribution is -2.35. The van der Waals surface area contributed by atoms with Crippen LogP contribution in [0, 0.1) is 5.92 Å². The summed E-state index contributed by atoms with van der Waals surface area (Å²) in [7, 11) is 0. The molecular formula is C20H34O5. The molecule has 0 saturated heterocycles. The topological polar surface area (TPSA) is 68.2 Å². The van der Waals surface area contributed by atoms with Crippen LogP contribution in [0.3, 0.4) is 0 Å². The Kier molecular flexibility index (Phi) is 12.5. The Hall–Kier alpha value is -0.980. The number of aliphatic hydroxyl groups is 2. The fourth-order valence-electron chi connectivity index (χ4n) is 2.72. The molecule has 0 fully saturated rings. The number of rotatable bonds is 15. The van der Waals surface area contributed by atoms with Crippen LogP contribution in [0.2, 0.25) is 0 Å². The van der Waals surface area contributed by atoms with Gasteiger partial charge in [0.2, 0.25) is 0 Å². The second-order valence-corrected chi connectivity index (χ2v) is 6.10. The molecule has 0 aliphatic rings. The Morgan fingerprint density at radius 1 is 0.840 bits per heavy atom. The first-order chi connectivity index (χ1) is 12.2. The van der Waals surface area contributed by atoms with Crippen LogP contribution in [-0.2, 0) is 20.8 Å². The van der Waals surface area contributed by atoms with Gasteiger partial charge >= 0.3 is 0 Å². The zero-order valence-corrected chi connectivity index (χ0v) is 15.6. The lowest BCUT2D eigenvalue weighted by molar-refractivity contribution is -0.217. The minimum absolute atomic E-state index is 0.408. The molecule has 0 aliphatic carbocycles. The predicted molar refractivity (Wildman–Crippen MR) is 97.9 cm³/mol. The molecule has 2 unspecified atom stereocenters. The standard InChI is InChI=1S/C20H34O5/c1-3-24-19(21)18(20(22)25-4-2)14-10-5-6-11-15-23-16-17-12-8-7-9-13-17/h7-9,12-13,18-22H,3-6,10-11,14-16H2,1-2H3. The van der Waals surface area contributed by atoms with E-state index in [1.807, 2.05) is 32.0 Å². The molecule has 25 heavy (non-hydrogen) atoms. The molecule has 0 amide bonds. The first-order valence-electron chi connectivity index (χ1n) is 9.40. The van der Waals surface area contributed by atoms with Crippen LogP contribution < -0.4 is 0 Å². The Morgan fingerprint density at radius 3 is 2.04 bits per heavy atom. The third kappa shape index (κ3) is 9.92. The van der Waals surface area contributed by atoms with Crippen molar-refractivity contribution in [3.05, 3.63) is 35.9 Å². The van der Waals surface area contributed by atoms with Crippen molar-refractivity contribution in [3.63, 3.8) is 0 Å². The molecule has 2 N–H and O–H groups in total. The molecule has 1 aromatic carbocycles. The van der Waals surface area contributed by atoms with Crippen molar-refractivity contribution >= 4 is 0 Å². The monoisotopic (exact) mass is 354 g/mol. The first-order valence-corrected chi connectivity index (χ1v) is 9.40. The van der Waals surface area contributed by atoms with E-state index in [1.165, 1.54) is 5.56 Å². The highest BCUT2D eigenvalue weighted by Gasteiger charge is 2.27. The third-order valence-corrected chi connectivity index (χ3v) is 4.10. The van der Waals surface area contributed by atoms with Crippen LogP contribution in [0.15, 0.2) is 30.3 Å². The predicted octanol–water partition coefficient (Wildman–Crippen LogP) is 3.48. The summed E-state index contributed by atoms with van der Waals surface area (Å²) in [6.45, 7) is 5.88. The Balaban J connectivity index is 2.12. The number of ether oxygens (including phenoxy) is 3. The normalized spacial score (nSPS) is 15.0. The van der Waals surface area contributed by atoms with Gasteiger partial charge in [-0.15, -0.1) is 0 Å². The van der Waals surface area contributed by atoms with Gasteiger partial charge in [-0.05, 0) is 32.3 Å². The molecule has 5 nitrogen and oxygen atoms in total. The Morgan fingerprint density at radius 2 is 1.44 bits per heavy atom. The second-order valence-electron chi connectivity index (χ2n) is 6.10. The molecule has 1 rings (SSSR count). The zero-order valence-electron chi connectivity index (χ0n) is 15.6. The maximum absolute atomic E-state index is 10.0. The Bertz CT molecular complexity index is 400. The third-order valence-electron chi connectivity index (χ3n) is 4.10. The van der Waals surface area contributed by atoms with Crippen molar-refractivity contribution in [3.8, 4) is 0 Å². The van der Waals surface area contributed by atoms with Gasteiger partial charge < -0.3 is 24.4 Å². The largest absolute Gasteiger partial charge is 0.377 e. The van der Waals surface area contributed by atoms with Crippen molar-refractivity contribution in [1.82, 2.24) is 0 Å². The molecule has 2 atom stereocenters. The summed E-state index contributed by atoms with van der Waals surface area (Å²) in [4.78, 5) is 0. The van der Waals surface area contributed by atoms with Gasteiger partial charge in [-0.2, -0.15) is 0 Å². The fourth-order valence-corrected chi connectivity index (χ4v) is 2.72. The highest BCUT2D eigenvalue weighted by molar-refractivity contribution is 5.13. The minimum Gasteiger partial charge on any atom is -0.377 e. The van der Waals surface area contributed by atoms with E-state index in [0.717, 1.165) is 32.3 Å². The van der Waals surface area contributed by atoms with E-state index < -0.39 is 18.5 Å². The van der Waals surface area contributed by atoms with E-state index >= 15 is 0 Å². The SMILES string of the molecule is CCOC(O)C(CCCCCCOCc1ccccc1)C(O)OCC. The number of aliphatic hydroxyl groups excluding tert-OH is 2.